The van der Waals surface area contributed by atoms with Crippen molar-refractivity contribution in [2.24, 2.45) is 0 Å². The first-order valence-electron chi connectivity index (χ1n) is 13.5. The number of Topliss-reactive ketones (excluding diaryl/α,β-unsaturated/α-hetero) is 1. The van der Waals surface area contributed by atoms with Crippen LogP contribution in [-0.4, -0.2) is 24.0 Å². The van der Waals surface area contributed by atoms with Gasteiger partial charge in [-0.1, -0.05) is 127 Å². The minimum Gasteiger partial charge on any atom is -0.380 e. The van der Waals surface area contributed by atoms with Gasteiger partial charge >= 0.3 is 0 Å². The molecule has 0 amide bonds. The van der Waals surface area contributed by atoms with E-state index in [1.807, 2.05) is 78.9 Å². The number of rotatable bonds is 11. The van der Waals surface area contributed by atoms with Crippen LogP contribution in [0.3, 0.4) is 0 Å². The minimum atomic E-state index is -1.20. The van der Waals surface area contributed by atoms with E-state index in [1.165, 1.54) is 11.1 Å². The van der Waals surface area contributed by atoms with Crippen LogP contribution in [0.4, 0.5) is 5.69 Å². The van der Waals surface area contributed by atoms with E-state index < -0.39 is 6.10 Å². The van der Waals surface area contributed by atoms with Crippen molar-refractivity contribution < 1.29 is 9.90 Å². The largest absolute Gasteiger partial charge is 0.380 e. The summed E-state index contributed by atoms with van der Waals surface area (Å²) in [5.74, 6) is -0.299. The van der Waals surface area contributed by atoms with Crippen molar-refractivity contribution in [2.75, 3.05) is 18.0 Å². The summed E-state index contributed by atoms with van der Waals surface area (Å²) in [6.07, 6.45) is 0.679. The molecule has 5 aromatic rings. The van der Waals surface area contributed by atoms with E-state index in [-0.39, 0.29) is 5.78 Å². The van der Waals surface area contributed by atoms with Gasteiger partial charge in [0.1, 0.15) is 6.10 Å². The molecule has 0 aromatic heterocycles. The summed E-state index contributed by atoms with van der Waals surface area (Å²) in [5, 5.41) is 10.9. The monoisotopic (exact) mass is 511 g/mol. The molecule has 3 nitrogen and oxygen atoms in total. The van der Waals surface area contributed by atoms with Gasteiger partial charge in [-0.2, -0.15) is 0 Å². The van der Waals surface area contributed by atoms with Crippen molar-refractivity contribution in [3.8, 4) is 11.1 Å². The van der Waals surface area contributed by atoms with Gasteiger partial charge in [0.05, 0.1) is 0 Å². The maximum absolute atomic E-state index is 13.1. The molecule has 0 heterocycles. The summed E-state index contributed by atoms with van der Waals surface area (Å²) >= 11 is 0. The lowest BCUT2D eigenvalue weighted by Gasteiger charge is -2.26. The molecule has 0 spiro atoms. The Hall–Kier alpha value is -4.47. The normalized spacial score (nSPS) is 11.6. The zero-order valence-electron chi connectivity index (χ0n) is 22.0. The minimum absolute atomic E-state index is 0.299. The van der Waals surface area contributed by atoms with Crippen LogP contribution in [-0.2, 0) is 12.8 Å². The Morgan fingerprint density at radius 1 is 0.564 bits per heavy atom. The van der Waals surface area contributed by atoms with E-state index in [1.54, 1.807) is 12.1 Å². The fourth-order valence-corrected chi connectivity index (χ4v) is 4.82. The second kappa shape index (κ2) is 12.9. The van der Waals surface area contributed by atoms with Crippen LogP contribution in [0.2, 0.25) is 0 Å². The zero-order chi connectivity index (χ0) is 26.9. The number of hydrogen-bond acceptors (Lipinski definition) is 3. The lowest BCUT2D eigenvalue weighted by atomic mass is 9.97. The highest BCUT2D eigenvalue weighted by Crippen LogP contribution is 2.25. The van der Waals surface area contributed by atoms with Gasteiger partial charge < -0.3 is 10.0 Å². The van der Waals surface area contributed by atoms with Gasteiger partial charge in [0.25, 0.3) is 0 Å². The predicted molar refractivity (Wildman–Crippen MR) is 160 cm³/mol. The van der Waals surface area contributed by atoms with Gasteiger partial charge in [-0.3, -0.25) is 4.79 Å². The molecule has 0 radical (unpaired) electrons. The average molecular weight is 512 g/mol. The van der Waals surface area contributed by atoms with Crippen LogP contribution < -0.4 is 4.90 Å². The molecule has 0 bridgehead atoms. The third-order valence-electron chi connectivity index (χ3n) is 7.13. The molecule has 5 rings (SSSR count). The van der Waals surface area contributed by atoms with Crippen LogP contribution in [0.25, 0.3) is 11.1 Å². The Balaban J connectivity index is 1.28. The smallest absolute Gasteiger partial charge is 0.195 e. The maximum Gasteiger partial charge on any atom is 0.195 e. The number of carbonyl (C=O) groups is 1. The Morgan fingerprint density at radius 3 is 1.54 bits per heavy atom. The Kier molecular flexibility index (Phi) is 8.62. The summed E-state index contributed by atoms with van der Waals surface area (Å²) in [4.78, 5) is 15.4. The molecule has 0 fully saturated rings. The van der Waals surface area contributed by atoms with E-state index in [0.717, 1.165) is 42.7 Å². The molecule has 1 unspecified atom stereocenters. The van der Waals surface area contributed by atoms with Gasteiger partial charge in [-0.15, -0.1) is 0 Å². The standard InChI is InChI=1S/C36H33NO2/c38-35(32-18-16-31(17-19-32)30-14-8-3-9-15-30)36(39)33-20-22-34(23-21-33)37(26-24-28-10-4-1-5-11-28)27-25-29-12-6-2-7-13-29/h1-23,36,39H,24-27H2. The summed E-state index contributed by atoms with van der Waals surface area (Å²) in [6.45, 7) is 1.76. The van der Waals surface area contributed by atoms with Crippen molar-refractivity contribution in [3.05, 3.63) is 162 Å². The van der Waals surface area contributed by atoms with Gasteiger partial charge in [0, 0.05) is 24.3 Å². The molecule has 0 aliphatic rings. The quantitative estimate of drug-likeness (QED) is 0.186. The lowest BCUT2D eigenvalue weighted by molar-refractivity contribution is 0.0747. The number of aliphatic hydroxyl groups excluding tert-OH is 1. The van der Waals surface area contributed by atoms with Crippen LogP contribution in [0, 0.1) is 0 Å². The highest BCUT2D eigenvalue weighted by molar-refractivity contribution is 6.00. The van der Waals surface area contributed by atoms with E-state index >= 15 is 0 Å². The first kappa shape index (κ1) is 26.1. The number of carbonyl (C=O) groups excluding carboxylic acids is 1. The van der Waals surface area contributed by atoms with Crippen LogP contribution >= 0.6 is 0 Å². The maximum atomic E-state index is 13.1. The second-order valence-electron chi connectivity index (χ2n) is 9.76. The SMILES string of the molecule is O=C(c1ccc(-c2ccccc2)cc1)C(O)c1ccc(N(CCc2ccccc2)CCc2ccccc2)cc1. The summed E-state index contributed by atoms with van der Waals surface area (Å²) in [7, 11) is 0. The van der Waals surface area contributed by atoms with Gasteiger partial charge in [0.2, 0.25) is 0 Å². The number of aliphatic hydroxyl groups is 1. The number of ketones is 1. The van der Waals surface area contributed by atoms with E-state index in [0.29, 0.717) is 11.1 Å². The third-order valence-corrected chi connectivity index (χ3v) is 7.13. The van der Waals surface area contributed by atoms with Crippen molar-refractivity contribution in [3.63, 3.8) is 0 Å². The van der Waals surface area contributed by atoms with Gasteiger partial charge in [-0.25, -0.2) is 0 Å². The third kappa shape index (κ3) is 6.90. The summed E-state index contributed by atoms with van der Waals surface area (Å²) in [6, 6.07) is 46.3. The molecule has 194 valence electrons. The van der Waals surface area contributed by atoms with Crippen molar-refractivity contribution in [1.29, 1.82) is 0 Å². The number of benzene rings is 5. The van der Waals surface area contributed by atoms with Crippen LogP contribution in [0.5, 0.6) is 0 Å². The molecule has 0 saturated heterocycles. The molecule has 1 atom stereocenters. The van der Waals surface area contributed by atoms with Gasteiger partial charge in [-0.05, 0) is 52.8 Å². The topological polar surface area (TPSA) is 40.5 Å². The van der Waals surface area contributed by atoms with Crippen LogP contribution in [0.15, 0.2) is 140 Å². The first-order valence-corrected chi connectivity index (χ1v) is 13.5. The Bertz CT molecular complexity index is 1400. The van der Waals surface area contributed by atoms with Crippen molar-refractivity contribution in [2.45, 2.75) is 18.9 Å². The summed E-state index contributed by atoms with van der Waals surface area (Å²) < 4.78 is 0. The molecule has 0 saturated carbocycles. The molecular formula is C36H33NO2. The Labute approximate surface area is 231 Å². The van der Waals surface area contributed by atoms with E-state index in [9.17, 15) is 9.90 Å². The molecule has 5 aromatic carbocycles. The lowest BCUT2D eigenvalue weighted by Crippen LogP contribution is -2.28. The van der Waals surface area contributed by atoms with E-state index in [2.05, 4.69) is 53.4 Å². The fraction of sp³-hybridized carbons (Fsp3) is 0.139. The molecule has 0 aliphatic carbocycles. The van der Waals surface area contributed by atoms with Crippen molar-refractivity contribution in [1.82, 2.24) is 0 Å². The molecule has 1 N–H and O–H groups in total. The number of nitrogens with zero attached hydrogens (tertiary/aromatic N) is 1. The average Bonchev–Trinajstić information content (AvgIpc) is 3.02. The highest BCUT2D eigenvalue weighted by atomic mass is 16.3. The molecule has 39 heavy (non-hydrogen) atoms. The van der Waals surface area contributed by atoms with Crippen molar-refractivity contribution >= 4 is 11.5 Å². The number of hydrogen-bond donors (Lipinski definition) is 1. The number of anilines is 1. The first-order chi connectivity index (χ1) is 19.2. The Morgan fingerprint density at radius 2 is 1.03 bits per heavy atom. The zero-order valence-corrected chi connectivity index (χ0v) is 22.0. The molecule has 0 aliphatic heterocycles. The second-order valence-corrected chi connectivity index (χ2v) is 9.76. The fourth-order valence-electron chi connectivity index (χ4n) is 4.82. The highest BCUT2D eigenvalue weighted by Gasteiger charge is 2.20. The predicted octanol–water partition coefficient (Wildman–Crippen LogP) is 7.56. The summed E-state index contributed by atoms with van der Waals surface area (Å²) in [5.41, 5.74) is 6.92. The molecule has 3 heteroatoms. The van der Waals surface area contributed by atoms with E-state index in [4.69, 9.17) is 0 Å². The molecular weight excluding hydrogens is 478 g/mol. The van der Waals surface area contributed by atoms with Gasteiger partial charge in [0.15, 0.2) is 5.78 Å². The van der Waals surface area contributed by atoms with Crippen LogP contribution in [0.1, 0.15) is 33.2 Å².